The fraction of sp³-hybridized carbons (Fsp3) is 0.389. The molecule has 0 saturated carbocycles. The molecule has 0 aliphatic carbocycles. The molecule has 1 aliphatic rings. The molecule has 2 aromatic rings. The summed E-state index contributed by atoms with van der Waals surface area (Å²) in [5.41, 5.74) is 1.70. The normalized spacial score (nSPS) is 15.2. The summed E-state index contributed by atoms with van der Waals surface area (Å²) >= 11 is 0. The molecule has 1 aliphatic heterocycles. The molecule has 3 rings (SSSR count). The predicted molar refractivity (Wildman–Crippen MR) is 95.7 cm³/mol. The van der Waals surface area contributed by atoms with Gasteiger partial charge in [0.1, 0.15) is 17.8 Å². The van der Waals surface area contributed by atoms with Gasteiger partial charge in [0.05, 0.1) is 4.92 Å². The van der Waals surface area contributed by atoms with Crippen molar-refractivity contribution in [1.82, 2.24) is 4.98 Å². The lowest BCUT2D eigenvalue weighted by molar-refractivity contribution is -0.385. The molecule has 0 unspecified atom stereocenters. The van der Waals surface area contributed by atoms with Crippen LogP contribution in [0.25, 0.3) is 0 Å². The molecule has 25 heavy (non-hydrogen) atoms. The first-order valence-electron chi connectivity index (χ1n) is 8.30. The van der Waals surface area contributed by atoms with Crippen molar-refractivity contribution in [3.05, 3.63) is 58.0 Å². The molecule has 0 N–H and O–H groups in total. The Bertz CT molecular complexity index is 758. The second-order valence-electron chi connectivity index (χ2n) is 6.39. The first-order chi connectivity index (χ1) is 12.0. The molecule has 2 heterocycles. The van der Waals surface area contributed by atoms with Crippen LogP contribution in [-0.4, -0.2) is 36.1 Å². The van der Waals surface area contributed by atoms with Gasteiger partial charge < -0.3 is 9.80 Å². The van der Waals surface area contributed by atoms with Crippen molar-refractivity contribution in [2.75, 3.05) is 29.9 Å². The average molecular weight is 344 g/mol. The van der Waals surface area contributed by atoms with Crippen molar-refractivity contribution < 1.29 is 9.31 Å². The van der Waals surface area contributed by atoms with E-state index in [2.05, 4.69) is 14.8 Å². The molecule has 0 amide bonds. The van der Waals surface area contributed by atoms with Gasteiger partial charge in [0, 0.05) is 37.4 Å². The monoisotopic (exact) mass is 344 g/mol. The quantitative estimate of drug-likeness (QED) is 0.627. The van der Waals surface area contributed by atoms with E-state index in [0.29, 0.717) is 11.6 Å². The number of aryl methyl sites for hydroxylation is 1. The Hall–Kier alpha value is -2.70. The summed E-state index contributed by atoms with van der Waals surface area (Å²) in [5.74, 6) is 0.529. The van der Waals surface area contributed by atoms with Crippen molar-refractivity contribution in [2.45, 2.75) is 25.8 Å². The standard InChI is InChI=1S/C18H21FN4O2/c1-13-11-18(20-12-17(13)23(24)25)21(2)15-7-9-22(10-8-15)16-5-3-14(19)4-6-16/h3-6,11-12,15H,7-10H2,1-2H3. The molecule has 0 bridgehead atoms. The molecule has 1 aromatic carbocycles. The van der Waals surface area contributed by atoms with E-state index in [1.165, 1.54) is 18.3 Å². The van der Waals surface area contributed by atoms with E-state index in [4.69, 9.17) is 0 Å². The molecule has 0 atom stereocenters. The summed E-state index contributed by atoms with van der Waals surface area (Å²) in [4.78, 5) is 19.1. The van der Waals surface area contributed by atoms with Crippen LogP contribution in [0.5, 0.6) is 0 Å². The minimum atomic E-state index is -0.409. The summed E-state index contributed by atoms with van der Waals surface area (Å²) in [5, 5.41) is 10.9. The molecule has 1 saturated heterocycles. The molecule has 6 nitrogen and oxygen atoms in total. The van der Waals surface area contributed by atoms with E-state index in [1.807, 2.05) is 7.05 Å². The highest BCUT2D eigenvalue weighted by Gasteiger charge is 2.24. The van der Waals surface area contributed by atoms with Crippen LogP contribution in [0.3, 0.4) is 0 Å². The van der Waals surface area contributed by atoms with Crippen molar-refractivity contribution in [2.24, 2.45) is 0 Å². The molecule has 132 valence electrons. The van der Waals surface area contributed by atoms with Crippen LogP contribution >= 0.6 is 0 Å². The first kappa shape index (κ1) is 17.1. The maximum absolute atomic E-state index is 13.0. The Labute approximate surface area is 146 Å². The summed E-state index contributed by atoms with van der Waals surface area (Å²) in [6.07, 6.45) is 3.23. The van der Waals surface area contributed by atoms with Crippen LogP contribution in [0.4, 0.5) is 21.6 Å². The number of rotatable bonds is 4. The largest absolute Gasteiger partial charge is 0.371 e. The fourth-order valence-corrected chi connectivity index (χ4v) is 3.27. The topological polar surface area (TPSA) is 62.5 Å². The van der Waals surface area contributed by atoms with E-state index in [1.54, 1.807) is 25.1 Å². The van der Waals surface area contributed by atoms with Gasteiger partial charge in [-0.3, -0.25) is 10.1 Å². The second kappa shape index (κ2) is 7.04. The molecular formula is C18H21FN4O2. The van der Waals surface area contributed by atoms with Crippen LogP contribution in [0.1, 0.15) is 18.4 Å². The maximum Gasteiger partial charge on any atom is 0.290 e. The SMILES string of the molecule is Cc1cc(N(C)C2CCN(c3ccc(F)cc3)CC2)ncc1[N+](=O)[O-]. The van der Waals surface area contributed by atoms with Gasteiger partial charge in [-0.2, -0.15) is 0 Å². The van der Waals surface area contributed by atoms with Crippen molar-refractivity contribution in [3.63, 3.8) is 0 Å². The van der Waals surface area contributed by atoms with Gasteiger partial charge in [-0.25, -0.2) is 9.37 Å². The number of piperidine rings is 1. The van der Waals surface area contributed by atoms with Gasteiger partial charge in [0.2, 0.25) is 0 Å². The number of benzene rings is 1. The number of pyridine rings is 1. The van der Waals surface area contributed by atoms with Crippen LogP contribution in [0, 0.1) is 22.9 Å². The molecular weight excluding hydrogens is 323 g/mol. The van der Waals surface area contributed by atoms with E-state index < -0.39 is 4.92 Å². The van der Waals surface area contributed by atoms with Crippen LogP contribution in [-0.2, 0) is 0 Å². The number of hydrogen-bond acceptors (Lipinski definition) is 5. The highest BCUT2D eigenvalue weighted by Crippen LogP contribution is 2.27. The van der Waals surface area contributed by atoms with E-state index >= 15 is 0 Å². The summed E-state index contributed by atoms with van der Waals surface area (Å²) in [6.45, 7) is 3.49. The number of nitro groups is 1. The zero-order valence-corrected chi connectivity index (χ0v) is 14.4. The Morgan fingerprint density at radius 3 is 2.48 bits per heavy atom. The van der Waals surface area contributed by atoms with Gasteiger partial charge in [0.25, 0.3) is 5.69 Å². The van der Waals surface area contributed by atoms with Crippen LogP contribution in [0.15, 0.2) is 36.5 Å². The number of halogens is 1. The second-order valence-corrected chi connectivity index (χ2v) is 6.39. The summed E-state index contributed by atoms with van der Waals surface area (Å²) in [7, 11) is 1.98. The Balaban J connectivity index is 1.65. The van der Waals surface area contributed by atoms with Crippen molar-refractivity contribution in [3.8, 4) is 0 Å². The smallest absolute Gasteiger partial charge is 0.290 e. The van der Waals surface area contributed by atoms with Crippen molar-refractivity contribution >= 4 is 17.2 Å². The third-order valence-electron chi connectivity index (χ3n) is 4.83. The van der Waals surface area contributed by atoms with Gasteiger partial charge in [0.15, 0.2) is 0 Å². The zero-order chi connectivity index (χ0) is 18.0. The summed E-state index contributed by atoms with van der Waals surface area (Å²) < 4.78 is 13.0. The van der Waals surface area contributed by atoms with Gasteiger partial charge in [-0.15, -0.1) is 0 Å². The lowest BCUT2D eigenvalue weighted by Crippen LogP contribution is -2.43. The Kier molecular flexibility index (Phi) is 4.83. The molecule has 0 spiro atoms. The number of anilines is 2. The van der Waals surface area contributed by atoms with Crippen LogP contribution in [0.2, 0.25) is 0 Å². The number of nitrogens with zero attached hydrogens (tertiary/aromatic N) is 4. The van der Waals surface area contributed by atoms with Crippen molar-refractivity contribution in [1.29, 1.82) is 0 Å². The lowest BCUT2D eigenvalue weighted by atomic mass is 10.0. The van der Waals surface area contributed by atoms with E-state index in [-0.39, 0.29) is 11.5 Å². The lowest BCUT2D eigenvalue weighted by Gasteiger charge is -2.38. The summed E-state index contributed by atoms with van der Waals surface area (Å²) in [6, 6.07) is 8.67. The minimum absolute atomic E-state index is 0.0447. The zero-order valence-electron chi connectivity index (χ0n) is 14.4. The molecule has 0 radical (unpaired) electrons. The highest BCUT2D eigenvalue weighted by atomic mass is 19.1. The third-order valence-corrected chi connectivity index (χ3v) is 4.83. The predicted octanol–water partition coefficient (Wildman–Crippen LogP) is 3.54. The highest BCUT2D eigenvalue weighted by molar-refractivity contribution is 5.50. The van der Waals surface area contributed by atoms with Gasteiger partial charge in [-0.1, -0.05) is 0 Å². The maximum atomic E-state index is 13.0. The fourth-order valence-electron chi connectivity index (χ4n) is 3.27. The van der Waals surface area contributed by atoms with E-state index in [9.17, 15) is 14.5 Å². The molecule has 1 aromatic heterocycles. The van der Waals surface area contributed by atoms with Gasteiger partial charge >= 0.3 is 0 Å². The van der Waals surface area contributed by atoms with Gasteiger partial charge in [-0.05, 0) is 50.1 Å². The third kappa shape index (κ3) is 3.70. The molecule has 1 fully saturated rings. The van der Waals surface area contributed by atoms with Crippen LogP contribution < -0.4 is 9.80 Å². The average Bonchev–Trinajstić information content (AvgIpc) is 2.61. The Morgan fingerprint density at radius 2 is 1.92 bits per heavy atom. The number of aromatic nitrogens is 1. The number of hydrogen-bond donors (Lipinski definition) is 0. The Morgan fingerprint density at radius 1 is 1.28 bits per heavy atom. The minimum Gasteiger partial charge on any atom is -0.371 e. The van der Waals surface area contributed by atoms with E-state index in [0.717, 1.165) is 37.4 Å². The molecule has 7 heteroatoms. The first-order valence-corrected chi connectivity index (χ1v) is 8.30.